The third-order valence-corrected chi connectivity index (χ3v) is 9.86. The highest BCUT2D eigenvalue weighted by atomic mass is 16.5. The smallest absolute Gasteiger partial charge is 0.122 e. The number of nitrogens with one attached hydrogen (secondary N) is 3. The number of fused-ring (bicyclic) bond motifs is 3. The predicted molar refractivity (Wildman–Crippen MR) is 165 cm³/mol. The maximum atomic E-state index is 9.17. The van der Waals surface area contributed by atoms with E-state index < -0.39 is 0 Å². The highest BCUT2D eigenvalue weighted by molar-refractivity contribution is 5.68. The Morgan fingerprint density at radius 3 is 2.59 bits per heavy atom. The van der Waals surface area contributed by atoms with Crippen LogP contribution in [0.2, 0.25) is 0 Å². The van der Waals surface area contributed by atoms with E-state index in [4.69, 9.17) is 10.00 Å². The molecule has 3 aromatic rings. The zero-order valence-electron chi connectivity index (χ0n) is 25.1. The van der Waals surface area contributed by atoms with Gasteiger partial charge in [0.05, 0.1) is 23.9 Å². The van der Waals surface area contributed by atoms with Gasteiger partial charge in [-0.25, -0.2) is 0 Å². The Hall–Kier alpha value is -3.69. The molecule has 0 radical (unpaired) electrons. The molecule has 6 nitrogen and oxygen atoms in total. The number of aromatic nitrogens is 1. The van der Waals surface area contributed by atoms with Gasteiger partial charge < -0.3 is 20.4 Å². The first-order valence-electron chi connectivity index (χ1n) is 15.2. The van der Waals surface area contributed by atoms with Gasteiger partial charge in [-0.3, -0.25) is 4.90 Å². The van der Waals surface area contributed by atoms with E-state index >= 15 is 0 Å². The first kappa shape index (κ1) is 27.5. The second kappa shape index (κ2) is 10.9. The zero-order valence-corrected chi connectivity index (χ0v) is 25.1. The van der Waals surface area contributed by atoms with E-state index in [1.165, 1.54) is 41.8 Å². The van der Waals surface area contributed by atoms with E-state index in [1.807, 2.05) is 26.1 Å². The molecule has 2 heterocycles. The van der Waals surface area contributed by atoms with Crippen LogP contribution in [0.4, 0.5) is 0 Å². The minimum absolute atomic E-state index is 0.360. The van der Waals surface area contributed by atoms with Crippen LogP contribution in [0.1, 0.15) is 79.9 Å². The molecule has 6 rings (SSSR count). The Labute approximate surface area is 244 Å². The molecule has 3 unspecified atom stereocenters. The topological polar surface area (TPSA) is 76.1 Å². The number of benzene rings is 2. The van der Waals surface area contributed by atoms with Crippen molar-refractivity contribution in [1.82, 2.24) is 20.5 Å². The summed E-state index contributed by atoms with van der Waals surface area (Å²) in [6, 6.07) is 19.6. The number of H-pyrrole nitrogens is 1. The number of allylic oxidation sites excluding steroid dienone is 1. The number of nitriles is 1. The van der Waals surface area contributed by atoms with E-state index in [0.717, 1.165) is 47.9 Å². The van der Waals surface area contributed by atoms with E-state index in [0.29, 0.717) is 35.5 Å². The average Bonchev–Trinajstić information content (AvgIpc) is 3.38. The van der Waals surface area contributed by atoms with Crippen LogP contribution >= 0.6 is 0 Å². The first-order chi connectivity index (χ1) is 19.9. The summed E-state index contributed by atoms with van der Waals surface area (Å²) in [6.07, 6.45) is 3.68. The fourth-order valence-corrected chi connectivity index (χ4v) is 7.27. The molecule has 1 aromatic heterocycles. The Balaban J connectivity index is 1.12. The minimum Gasteiger partial charge on any atom is -0.494 e. The molecule has 2 fully saturated rings. The number of piperidine rings is 1. The fourth-order valence-electron chi connectivity index (χ4n) is 7.27. The maximum absolute atomic E-state index is 9.17. The number of hydrogen-bond donors (Lipinski definition) is 3. The van der Waals surface area contributed by atoms with Crippen molar-refractivity contribution in [2.45, 2.75) is 58.9 Å². The number of ether oxygens (including phenoxy) is 1. The number of aryl methyl sites for hydroxylation is 1. The van der Waals surface area contributed by atoms with Crippen LogP contribution in [0.5, 0.6) is 5.75 Å². The van der Waals surface area contributed by atoms with Crippen molar-refractivity contribution in [2.24, 2.45) is 11.3 Å². The van der Waals surface area contributed by atoms with Gasteiger partial charge in [-0.05, 0) is 105 Å². The van der Waals surface area contributed by atoms with Gasteiger partial charge in [0, 0.05) is 48.2 Å². The SMILES string of the molecule is CCOc1cc(/C(NCC2CCN(C3c4cc(-c5ccc(C#N)cc5)[nH]c4C4CC43C)CC2)=C(\C)NC)ccc1C. The molecule has 2 aromatic carbocycles. The predicted octanol–water partition coefficient (Wildman–Crippen LogP) is 6.72. The molecule has 0 amide bonds. The van der Waals surface area contributed by atoms with Crippen molar-refractivity contribution >= 4 is 5.70 Å². The zero-order chi connectivity index (χ0) is 28.7. The summed E-state index contributed by atoms with van der Waals surface area (Å²) >= 11 is 0. The van der Waals surface area contributed by atoms with E-state index in [2.05, 4.69) is 83.8 Å². The third kappa shape index (κ3) is 5.02. The van der Waals surface area contributed by atoms with Crippen molar-refractivity contribution in [3.63, 3.8) is 0 Å². The molecule has 6 heteroatoms. The van der Waals surface area contributed by atoms with E-state index in [-0.39, 0.29) is 0 Å². The molecule has 214 valence electrons. The van der Waals surface area contributed by atoms with Gasteiger partial charge in [0.2, 0.25) is 0 Å². The summed E-state index contributed by atoms with van der Waals surface area (Å²) in [4.78, 5) is 6.55. The van der Waals surface area contributed by atoms with Gasteiger partial charge in [-0.2, -0.15) is 5.26 Å². The summed E-state index contributed by atoms with van der Waals surface area (Å²) in [5, 5.41) is 16.3. The summed E-state index contributed by atoms with van der Waals surface area (Å²) < 4.78 is 5.89. The Morgan fingerprint density at radius 2 is 1.90 bits per heavy atom. The van der Waals surface area contributed by atoms with Crippen LogP contribution < -0.4 is 15.4 Å². The molecule has 41 heavy (non-hydrogen) atoms. The van der Waals surface area contributed by atoms with Gasteiger partial charge in [-0.1, -0.05) is 31.2 Å². The molecule has 2 aliphatic carbocycles. The van der Waals surface area contributed by atoms with Crippen LogP contribution in [-0.2, 0) is 0 Å². The van der Waals surface area contributed by atoms with Crippen LogP contribution in [-0.4, -0.2) is 43.2 Å². The molecular weight excluding hydrogens is 506 g/mol. The maximum Gasteiger partial charge on any atom is 0.122 e. The van der Waals surface area contributed by atoms with Gasteiger partial charge in [-0.15, -0.1) is 0 Å². The number of likely N-dealkylation sites (tertiary alicyclic amines) is 1. The molecule has 0 bridgehead atoms. The van der Waals surface area contributed by atoms with Crippen LogP contribution in [0, 0.1) is 29.6 Å². The molecule has 1 aliphatic heterocycles. The summed E-state index contributed by atoms with van der Waals surface area (Å²) in [6.45, 7) is 12.7. The molecular formula is C35H43N5O. The van der Waals surface area contributed by atoms with Gasteiger partial charge >= 0.3 is 0 Å². The summed E-state index contributed by atoms with van der Waals surface area (Å²) in [5.41, 5.74) is 11.0. The third-order valence-electron chi connectivity index (χ3n) is 9.86. The number of hydrogen-bond acceptors (Lipinski definition) is 5. The lowest BCUT2D eigenvalue weighted by Crippen LogP contribution is -2.41. The first-order valence-corrected chi connectivity index (χ1v) is 15.2. The Bertz CT molecular complexity index is 1490. The number of aromatic amines is 1. The van der Waals surface area contributed by atoms with Gasteiger partial charge in [0.1, 0.15) is 5.75 Å². The molecule has 1 saturated heterocycles. The summed E-state index contributed by atoms with van der Waals surface area (Å²) in [5.74, 6) is 2.24. The number of rotatable bonds is 9. The van der Waals surface area contributed by atoms with Crippen LogP contribution in [0.25, 0.3) is 17.0 Å². The lowest BCUT2D eigenvalue weighted by molar-refractivity contribution is 0.0949. The molecule has 3 aliphatic rings. The molecule has 3 N–H and O–H groups in total. The van der Waals surface area contributed by atoms with Crippen LogP contribution in [0.15, 0.2) is 54.2 Å². The fraction of sp³-hybridized carbons (Fsp3) is 0.457. The molecule has 0 spiro atoms. The van der Waals surface area contributed by atoms with Crippen LogP contribution in [0.3, 0.4) is 0 Å². The minimum atomic E-state index is 0.360. The monoisotopic (exact) mass is 549 g/mol. The average molecular weight is 550 g/mol. The number of nitrogens with zero attached hydrogens (tertiary/aromatic N) is 2. The van der Waals surface area contributed by atoms with Crippen molar-refractivity contribution in [3.05, 3.63) is 82.2 Å². The Kier molecular flexibility index (Phi) is 7.34. The highest BCUT2D eigenvalue weighted by Gasteiger charge is 2.64. The quantitative estimate of drug-likeness (QED) is 0.276. The lowest BCUT2D eigenvalue weighted by Gasteiger charge is -2.39. The highest BCUT2D eigenvalue weighted by Crippen LogP contribution is 2.73. The van der Waals surface area contributed by atoms with Crippen molar-refractivity contribution in [2.75, 3.05) is 33.3 Å². The lowest BCUT2D eigenvalue weighted by atomic mass is 9.89. The summed E-state index contributed by atoms with van der Waals surface area (Å²) in [7, 11) is 1.99. The van der Waals surface area contributed by atoms with Crippen molar-refractivity contribution in [3.8, 4) is 23.1 Å². The van der Waals surface area contributed by atoms with Crippen molar-refractivity contribution < 1.29 is 4.74 Å². The van der Waals surface area contributed by atoms with Gasteiger partial charge in [0.25, 0.3) is 0 Å². The second-order valence-electron chi connectivity index (χ2n) is 12.4. The van der Waals surface area contributed by atoms with Crippen molar-refractivity contribution in [1.29, 1.82) is 5.26 Å². The van der Waals surface area contributed by atoms with E-state index in [9.17, 15) is 0 Å². The Morgan fingerprint density at radius 1 is 1.15 bits per heavy atom. The standard InChI is InChI=1S/C35H43N5O/c1-6-41-31-17-27(10-7-22(31)2)32(23(3)37-5)38-21-25-13-15-40(16-14-25)34-28-18-30(26-11-8-24(20-36)9-12-26)39-33(28)29-19-35(29,34)4/h7-12,17-18,25,29,34,37-39H,6,13-16,19,21H2,1-5H3/b32-23-. The van der Waals surface area contributed by atoms with E-state index in [1.54, 1.807) is 0 Å². The largest absolute Gasteiger partial charge is 0.494 e. The second-order valence-corrected chi connectivity index (χ2v) is 12.4. The molecule has 3 atom stereocenters. The van der Waals surface area contributed by atoms with Gasteiger partial charge in [0.15, 0.2) is 0 Å². The molecule has 1 saturated carbocycles. The normalized spacial score (nSPS) is 24.2.